The number of aromatic nitrogens is 2. The number of likely N-dealkylation sites (tertiary alicyclic amines) is 1. The van der Waals surface area contributed by atoms with Gasteiger partial charge in [0.2, 0.25) is 0 Å². The predicted octanol–water partition coefficient (Wildman–Crippen LogP) is 4.17. The van der Waals surface area contributed by atoms with Crippen molar-refractivity contribution in [1.82, 2.24) is 14.5 Å². The van der Waals surface area contributed by atoms with Gasteiger partial charge < -0.3 is 10.7 Å². The van der Waals surface area contributed by atoms with Gasteiger partial charge in [0.25, 0.3) is 5.56 Å². The molecule has 39 heavy (non-hydrogen) atoms. The van der Waals surface area contributed by atoms with Crippen LogP contribution in [0.5, 0.6) is 0 Å². The van der Waals surface area contributed by atoms with Crippen LogP contribution in [-0.4, -0.2) is 47.8 Å². The maximum Gasteiger partial charge on any atom is 0.416 e. The number of nitrogens with two attached hydrogens (primary N) is 1. The van der Waals surface area contributed by atoms with E-state index in [4.69, 9.17) is 28.9 Å². The van der Waals surface area contributed by atoms with E-state index in [1.807, 2.05) is 4.90 Å². The van der Waals surface area contributed by atoms with Gasteiger partial charge >= 0.3 is 11.9 Å². The number of alkyl halides is 3. The summed E-state index contributed by atoms with van der Waals surface area (Å²) in [4.78, 5) is 30.6. The Hall–Kier alpha value is -2.38. The van der Waals surface area contributed by atoms with Gasteiger partial charge in [-0.2, -0.15) is 13.2 Å². The van der Waals surface area contributed by atoms with Crippen molar-refractivity contribution in [3.63, 3.8) is 0 Å². The molecule has 4 rings (SSSR count). The van der Waals surface area contributed by atoms with Crippen LogP contribution in [0.25, 0.3) is 10.9 Å². The number of benzene rings is 2. The zero-order chi connectivity index (χ0) is 28.7. The van der Waals surface area contributed by atoms with E-state index in [9.17, 15) is 31.2 Å². The number of aromatic amines is 1. The average molecular weight is 607 g/mol. The molecule has 0 bridgehead atoms. The summed E-state index contributed by atoms with van der Waals surface area (Å²) in [6, 6.07) is 4.48. The Bertz CT molecular complexity index is 1640. The lowest BCUT2D eigenvalue weighted by Gasteiger charge is -2.35. The van der Waals surface area contributed by atoms with E-state index in [1.54, 1.807) is 0 Å². The zero-order valence-electron chi connectivity index (χ0n) is 20.9. The highest BCUT2D eigenvalue weighted by Crippen LogP contribution is 2.39. The maximum atomic E-state index is 14.3. The Morgan fingerprint density at radius 1 is 1.13 bits per heavy atom. The van der Waals surface area contributed by atoms with Gasteiger partial charge in [-0.1, -0.05) is 36.5 Å². The van der Waals surface area contributed by atoms with Crippen molar-refractivity contribution in [2.75, 3.05) is 18.8 Å². The first-order valence-electron chi connectivity index (χ1n) is 12.3. The topological polar surface area (TPSA) is 118 Å². The van der Waals surface area contributed by atoms with Crippen LogP contribution in [0.3, 0.4) is 0 Å². The molecule has 3 aromatic rings. The van der Waals surface area contributed by atoms with Crippen LogP contribution >= 0.6 is 23.2 Å². The molecule has 0 aliphatic carbocycles. The standard InChI is InChI=1S/C25H27Cl2F3N4O4S/c1-2-39(37,38)20-7-6-15(26)9-14(20)12-34-23(35)17-10-19(25(28,29)30)18(21(27)22(17)32-24(34)36)13-33-8-4-3-5-16(33)11-31/h6-7,9-10,16H,2-5,8,11-13,31H2,1H3,(H,32,36)/t16-/m1/s1. The summed E-state index contributed by atoms with van der Waals surface area (Å²) in [7, 11) is -3.76. The van der Waals surface area contributed by atoms with E-state index in [-0.39, 0.29) is 56.5 Å². The third kappa shape index (κ3) is 5.90. The smallest absolute Gasteiger partial charge is 0.329 e. The molecule has 0 spiro atoms. The van der Waals surface area contributed by atoms with Crippen LogP contribution in [-0.2, 0) is 29.1 Å². The van der Waals surface area contributed by atoms with Crippen LogP contribution in [0, 0.1) is 0 Å². The Labute approximate surface area is 232 Å². The number of hydrogen-bond donors (Lipinski definition) is 2. The van der Waals surface area contributed by atoms with Gasteiger partial charge in [0.05, 0.1) is 38.7 Å². The van der Waals surface area contributed by atoms with Gasteiger partial charge in [0.1, 0.15) is 0 Å². The molecule has 0 amide bonds. The molecule has 0 radical (unpaired) electrons. The lowest BCUT2D eigenvalue weighted by molar-refractivity contribution is -0.138. The first-order valence-corrected chi connectivity index (χ1v) is 14.7. The predicted molar refractivity (Wildman–Crippen MR) is 144 cm³/mol. The van der Waals surface area contributed by atoms with Crippen LogP contribution in [0.15, 0.2) is 38.8 Å². The summed E-state index contributed by atoms with van der Waals surface area (Å²) in [5.41, 5.74) is 2.31. The lowest BCUT2D eigenvalue weighted by Crippen LogP contribution is -2.43. The number of hydrogen-bond acceptors (Lipinski definition) is 6. The number of sulfone groups is 1. The minimum absolute atomic E-state index is 0.0491. The van der Waals surface area contributed by atoms with Crippen molar-refractivity contribution in [3.8, 4) is 0 Å². The van der Waals surface area contributed by atoms with E-state index in [2.05, 4.69) is 4.98 Å². The second-order valence-electron chi connectivity index (χ2n) is 9.47. The second kappa shape index (κ2) is 11.2. The van der Waals surface area contributed by atoms with Gasteiger partial charge in [-0.25, -0.2) is 13.2 Å². The molecular formula is C25H27Cl2F3N4O4S. The molecule has 8 nitrogen and oxygen atoms in total. The lowest BCUT2D eigenvalue weighted by atomic mass is 9.98. The highest BCUT2D eigenvalue weighted by Gasteiger charge is 2.37. The van der Waals surface area contributed by atoms with E-state index in [0.717, 1.165) is 19.3 Å². The third-order valence-electron chi connectivity index (χ3n) is 7.07. The first-order chi connectivity index (χ1) is 18.3. The molecule has 3 N–H and O–H groups in total. The fraction of sp³-hybridized carbons (Fsp3) is 0.440. The second-order valence-corrected chi connectivity index (χ2v) is 12.5. The highest BCUT2D eigenvalue weighted by molar-refractivity contribution is 7.91. The fourth-order valence-corrected chi connectivity index (χ4v) is 6.60. The summed E-state index contributed by atoms with van der Waals surface area (Å²) < 4.78 is 68.5. The first kappa shape index (κ1) is 29.6. The van der Waals surface area contributed by atoms with Gasteiger partial charge in [0.15, 0.2) is 9.84 Å². The van der Waals surface area contributed by atoms with Crippen molar-refractivity contribution in [3.05, 3.63) is 71.8 Å². The maximum absolute atomic E-state index is 14.3. The SMILES string of the molecule is CCS(=O)(=O)c1ccc(Cl)cc1Cn1c(=O)[nH]c2c(Cl)c(CN3CCCC[C@@H]3CN)c(C(F)(F)F)cc2c1=O. The zero-order valence-corrected chi connectivity index (χ0v) is 23.3. The highest BCUT2D eigenvalue weighted by atomic mass is 35.5. The molecule has 0 unspecified atom stereocenters. The number of piperidine rings is 1. The number of H-pyrrole nitrogens is 1. The molecule has 1 aliphatic rings. The quantitative estimate of drug-likeness (QED) is 0.417. The number of halogens is 5. The van der Waals surface area contributed by atoms with Gasteiger partial charge in [-0.3, -0.25) is 14.3 Å². The summed E-state index contributed by atoms with van der Waals surface area (Å²) in [5, 5.41) is -0.669. The van der Waals surface area contributed by atoms with E-state index >= 15 is 0 Å². The number of fused-ring (bicyclic) bond motifs is 1. The Morgan fingerprint density at radius 3 is 2.49 bits per heavy atom. The number of nitrogens with one attached hydrogen (secondary N) is 1. The molecule has 2 heterocycles. The van der Waals surface area contributed by atoms with Crippen molar-refractivity contribution in [1.29, 1.82) is 0 Å². The summed E-state index contributed by atoms with van der Waals surface area (Å²) in [6.07, 6.45) is -2.39. The molecule has 14 heteroatoms. The average Bonchev–Trinajstić information content (AvgIpc) is 2.88. The van der Waals surface area contributed by atoms with E-state index in [1.165, 1.54) is 25.1 Å². The van der Waals surface area contributed by atoms with E-state index < -0.39 is 44.8 Å². The third-order valence-corrected chi connectivity index (χ3v) is 9.55. The fourth-order valence-electron chi connectivity index (χ4n) is 4.98. The molecule has 1 atom stereocenters. The Kier molecular flexibility index (Phi) is 8.53. The van der Waals surface area contributed by atoms with Crippen LogP contribution in [0.4, 0.5) is 13.2 Å². The molecule has 2 aromatic carbocycles. The number of nitrogens with zero attached hydrogens (tertiary/aromatic N) is 2. The Morgan fingerprint density at radius 2 is 1.85 bits per heavy atom. The van der Waals surface area contributed by atoms with Crippen molar-refractivity contribution in [2.24, 2.45) is 5.73 Å². The molecule has 1 fully saturated rings. The summed E-state index contributed by atoms with van der Waals surface area (Å²) in [5.74, 6) is -0.250. The normalized spacial score (nSPS) is 17.2. The Balaban J connectivity index is 1.90. The molecule has 1 aliphatic heterocycles. The molecular weight excluding hydrogens is 580 g/mol. The summed E-state index contributed by atoms with van der Waals surface area (Å²) >= 11 is 12.5. The molecule has 212 valence electrons. The summed E-state index contributed by atoms with van der Waals surface area (Å²) in [6.45, 7) is 1.55. The molecule has 0 saturated carbocycles. The van der Waals surface area contributed by atoms with Crippen LogP contribution in [0.1, 0.15) is 42.9 Å². The van der Waals surface area contributed by atoms with Crippen molar-refractivity contribution < 1.29 is 21.6 Å². The minimum Gasteiger partial charge on any atom is -0.329 e. The monoisotopic (exact) mass is 606 g/mol. The van der Waals surface area contributed by atoms with E-state index in [0.29, 0.717) is 17.2 Å². The minimum atomic E-state index is -4.84. The van der Waals surface area contributed by atoms with Gasteiger partial charge in [0, 0.05) is 24.2 Å². The van der Waals surface area contributed by atoms with Gasteiger partial charge in [-0.15, -0.1) is 0 Å². The van der Waals surface area contributed by atoms with Crippen molar-refractivity contribution in [2.45, 2.75) is 56.4 Å². The number of rotatable bonds is 7. The molecule has 1 aromatic heterocycles. The van der Waals surface area contributed by atoms with Crippen molar-refractivity contribution >= 4 is 43.9 Å². The van der Waals surface area contributed by atoms with Crippen LogP contribution in [0.2, 0.25) is 10.0 Å². The van der Waals surface area contributed by atoms with Crippen LogP contribution < -0.4 is 17.0 Å². The largest absolute Gasteiger partial charge is 0.416 e. The van der Waals surface area contributed by atoms with Gasteiger partial charge in [-0.05, 0) is 54.8 Å². The molecule has 1 saturated heterocycles.